The fourth-order valence-electron chi connectivity index (χ4n) is 1.09. The molecule has 0 radical (unpaired) electrons. The molecule has 2 aromatic rings. The summed E-state index contributed by atoms with van der Waals surface area (Å²) in [5.41, 5.74) is 0. The van der Waals surface area contributed by atoms with E-state index in [0.29, 0.717) is 0 Å². The summed E-state index contributed by atoms with van der Waals surface area (Å²) >= 11 is 1.74. The minimum absolute atomic E-state index is 0.962. The van der Waals surface area contributed by atoms with Gasteiger partial charge in [-0.3, -0.25) is 0 Å². The molecule has 0 aliphatic heterocycles. The maximum Gasteiger partial charge on any atom is 0.134 e. The third kappa shape index (κ3) is 0.973. The maximum atomic E-state index is 4.19. The van der Waals surface area contributed by atoms with Crippen molar-refractivity contribution < 1.29 is 0 Å². The fraction of sp³-hybridized carbons (Fsp3) is 0.125. The largest absolute Gasteiger partial charge is 0.373 e. The van der Waals surface area contributed by atoms with E-state index in [4.69, 9.17) is 0 Å². The van der Waals surface area contributed by atoms with E-state index >= 15 is 0 Å². The lowest BCUT2D eigenvalue weighted by Gasteiger charge is -1.98. The summed E-state index contributed by atoms with van der Waals surface area (Å²) in [5, 5.41) is 6.34. The van der Waals surface area contributed by atoms with Gasteiger partial charge >= 0.3 is 0 Å². The number of hydrogen-bond donors (Lipinski definition) is 1. The van der Waals surface area contributed by atoms with E-state index in [9.17, 15) is 0 Å². The topological polar surface area (TPSA) is 24.9 Å². The predicted molar refractivity (Wildman–Crippen MR) is 49.2 cm³/mol. The van der Waals surface area contributed by atoms with E-state index in [0.717, 1.165) is 5.82 Å². The number of thiophene rings is 1. The molecule has 2 rings (SSSR count). The molecule has 0 aliphatic carbocycles. The van der Waals surface area contributed by atoms with Crippen molar-refractivity contribution in [1.29, 1.82) is 0 Å². The summed E-state index contributed by atoms with van der Waals surface area (Å²) in [6.45, 7) is 0. The Balaban J connectivity index is 2.79. The van der Waals surface area contributed by atoms with Crippen LogP contribution in [-0.4, -0.2) is 12.0 Å². The molecule has 0 saturated carbocycles. The number of pyridine rings is 1. The first-order valence-corrected chi connectivity index (χ1v) is 4.30. The Morgan fingerprint density at radius 2 is 2.36 bits per heavy atom. The van der Waals surface area contributed by atoms with Crippen LogP contribution in [0, 0.1) is 0 Å². The van der Waals surface area contributed by atoms with Gasteiger partial charge in [0, 0.05) is 23.3 Å². The van der Waals surface area contributed by atoms with Gasteiger partial charge in [-0.1, -0.05) is 0 Å². The van der Waals surface area contributed by atoms with Gasteiger partial charge in [0.15, 0.2) is 0 Å². The lowest BCUT2D eigenvalue weighted by Crippen LogP contribution is -1.90. The molecular formula is C8H8N2S. The Kier molecular flexibility index (Phi) is 1.51. The second-order valence-electron chi connectivity index (χ2n) is 2.24. The van der Waals surface area contributed by atoms with Crippen LogP contribution in [0.3, 0.4) is 0 Å². The highest BCUT2D eigenvalue weighted by molar-refractivity contribution is 7.17. The van der Waals surface area contributed by atoms with Crippen LogP contribution in [0.15, 0.2) is 23.7 Å². The summed E-state index contributed by atoms with van der Waals surface area (Å²) in [6, 6.07) is 4.11. The van der Waals surface area contributed by atoms with Crippen molar-refractivity contribution in [3.8, 4) is 0 Å². The molecule has 2 heterocycles. The van der Waals surface area contributed by atoms with Crippen LogP contribution in [0.1, 0.15) is 0 Å². The molecule has 0 atom stereocenters. The molecular weight excluding hydrogens is 156 g/mol. The minimum Gasteiger partial charge on any atom is -0.373 e. The normalized spacial score (nSPS) is 10.3. The van der Waals surface area contributed by atoms with Gasteiger partial charge in [0.25, 0.3) is 0 Å². The van der Waals surface area contributed by atoms with Gasteiger partial charge in [0.1, 0.15) is 5.82 Å². The van der Waals surface area contributed by atoms with Crippen LogP contribution >= 0.6 is 11.3 Å². The van der Waals surface area contributed by atoms with Crippen LogP contribution in [-0.2, 0) is 0 Å². The molecule has 0 aromatic carbocycles. The van der Waals surface area contributed by atoms with Gasteiger partial charge in [0.05, 0.1) is 0 Å². The number of hydrogen-bond acceptors (Lipinski definition) is 3. The van der Waals surface area contributed by atoms with Gasteiger partial charge in [-0.25, -0.2) is 4.98 Å². The van der Waals surface area contributed by atoms with E-state index in [2.05, 4.69) is 21.7 Å². The van der Waals surface area contributed by atoms with Crippen molar-refractivity contribution in [2.75, 3.05) is 12.4 Å². The molecule has 0 bridgehead atoms. The summed E-state index contributed by atoms with van der Waals surface area (Å²) in [6.07, 6.45) is 1.82. The van der Waals surface area contributed by atoms with Crippen molar-refractivity contribution >= 4 is 27.2 Å². The van der Waals surface area contributed by atoms with Crippen LogP contribution in [0.4, 0.5) is 5.82 Å². The predicted octanol–water partition coefficient (Wildman–Crippen LogP) is 2.34. The number of nitrogens with zero attached hydrogens (tertiary/aromatic N) is 1. The quantitative estimate of drug-likeness (QED) is 0.699. The third-order valence-corrected chi connectivity index (χ3v) is 2.50. The highest BCUT2D eigenvalue weighted by Crippen LogP contribution is 2.24. The van der Waals surface area contributed by atoms with Crippen LogP contribution in [0.5, 0.6) is 0 Å². The number of aromatic nitrogens is 1. The molecule has 2 aromatic heterocycles. The Labute approximate surface area is 68.9 Å². The zero-order chi connectivity index (χ0) is 7.68. The Hall–Kier alpha value is -1.09. The smallest absolute Gasteiger partial charge is 0.134 e. The zero-order valence-corrected chi connectivity index (χ0v) is 6.98. The second kappa shape index (κ2) is 2.51. The number of anilines is 1. The average Bonchev–Trinajstić information content (AvgIpc) is 2.50. The van der Waals surface area contributed by atoms with Crippen LogP contribution in [0.25, 0.3) is 10.1 Å². The Morgan fingerprint density at radius 3 is 3.18 bits per heavy atom. The zero-order valence-electron chi connectivity index (χ0n) is 6.16. The van der Waals surface area contributed by atoms with Crippen molar-refractivity contribution in [3.05, 3.63) is 23.7 Å². The average molecular weight is 164 g/mol. The molecule has 3 heteroatoms. The Morgan fingerprint density at radius 1 is 1.45 bits per heavy atom. The third-order valence-electron chi connectivity index (χ3n) is 1.62. The Bertz CT molecular complexity index is 367. The number of fused-ring (bicyclic) bond motifs is 1. The summed E-state index contributed by atoms with van der Waals surface area (Å²) in [4.78, 5) is 4.19. The second-order valence-corrected chi connectivity index (χ2v) is 3.19. The SMILES string of the molecule is CNc1nccc2sccc12. The number of nitrogens with one attached hydrogen (secondary N) is 1. The van der Waals surface area contributed by atoms with E-state index < -0.39 is 0 Å². The molecule has 56 valence electrons. The molecule has 0 saturated heterocycles. The molecule has 0 aliphatic rings. The summed E-state index contributed by atoms with van der Waals surface area (Å²) < 4.78 is 1.28. The first-order valence-electron chi connectivity index (χ1n) is 3.42. The monoisotopic (exact) mass is 164 g/mol. The van der Waals surface area contributed by atoms with Gasteiger partial charge < -0.3 is 5.32 Å². The van der Waals surface area contributed by atoms with Crippen molar-refractivity contribution in [1.82, 2.24) is 4.98 Å². The first-order chi connectivity index (χ1) is 5.42. The van der Waals surface area contributed by atoms with Gasteiger partial charge in [-0.05, 0) is 17.5 Å². The highest BCUT2D eigenvalue weighted by Gasteiger charge is 1.98. The highest BCUT2D eigenvalue weighted by atomic mass is 32.1. The van der Waals surface area contributed by atoms with E-state index in [-0.39, 0.29) is 0 Å². The molecule has 1 N–H and O–H groups in total. The first kappa shape index (κ1) is 6.61. The van der Waals surface area contributed by atoms with Crippen molar-refractivity contribution in [3.63, 3.8) is 0 Å². The van der Waals surface area contributed by atoms with Crippen LogP contribution in [0.2, 0.25) is 0 Å². The molecule has 0 spiro atoms. The van der Waals surface area contributed by atoms with E-state index in [1.54, 1.807) is 11.3 Å². The lowest BCUT2D eigenvalue weighted by molar-refractivity contribution is 1.32. The maximum absolute atomic E-state index is 4.19. The molecule has 11 heavy (non-hydrogen) atoms. The minimum atomic E-state index is 0.962. The van der Waals surface area contributed by atoms with Crippen LogP contribution < -0.4 is 5.32 Å². The molecule has 0 unspecified atom stereocenters. The standard InChI is InChI=1S/C8H8N2S/c1-9-8-6-3-5-11-7(6)2-4-10-8/h2-5H,1H3,(H,9,10). The van der Waals surface area contributed by atoms with Gasteiger partial charge in [-0.15, -0.1) is 11.3 Å². The summed E-state index contributed by atoms with van der Waals surface area (Å²) in [7, 11) is 1.89. The van der Waals surface area contributed by atoms with Crippen molar-refractivity contribution in [2.24, 2.45) is 0 Å². The molecule has 2 nitrogen and oxygen atoms in total. The lowest BCUT2D eigenvalue weighted by atomic mass is 10.3. The fourth-order valence-corrected chi connectivity index (χ4v) is 1.88. The summed E-state index contributed by atoms with van der Waals surface area (Å²) in [5.74, 6) is 0.962. The van der Waals surface area contributed by atoms with E-state index in [1.165, 1.54) is 10.1 Å². The van der Waals surface area contributed by atoms with Crippen molar-refractivity contribution in [2.45, 2.75) is 0 Å². The molecule has 0 fully saturated rings. The molecule has 0 amide bonds. The van der Waals surface area contributed by atoms with Gasteiger partial charge in [-0.2, -0.15) is 0 Å². The van der Waals surface area contributed by atoms with E-state index in [1.807, 2.05) is 19.3 Å². The number of rotatable bonds is 1. The van der Waals surface area contributed by atoms with Gasteiger partial charge in [0.2, 0.25) is 0 Å².